The van der Waals surface area contributed by atoms with E-state index in [1.165, 1.54) is 6.08 Å². The van der Waals surface area contributed by atoms with Crippen LogP contribution < -0.4 is 4.74 Å². The van der Waals surface area contributed by atoms with Crippen LogP contribution in [0, 0.1) is 0 Å². The van der Waals surface area contributed by atoms with Crippen molar-refractivity contribution < 1.29 is 14.3 Å². The first-order valence-electron chi connectivity index (χ1n) is 6.25. The van der Waals surface area contributed by atoms with Gasteiger partial charge in [0.25, 0.3) is 0 Å². The highest BCUT2D eigenvalue weighted by Crippen LogP contribution is 2.28. The molecule has 3 heteroatoms. The molecule has 0 atom stereocenters. The Kier molecular flexibility index (Phi) is 2.95. The van der Waals surface area contributed by atoms with Crippen LogP contribution in [0.2, 0.25) is 0 Å². The molecule has 3 nitrogen and oxygen atoms in total. The minimum absolute atomic E-state index is 0.120. The van der Waals surface area contributed by atoms with Crippen LogP contribution in [0.5, 0.6) is 5.75 Å². The van der Waals surface area contributed by atoms with Crippen LogP contribution in [0.25, 0.3) is 5.57 Å². The molecule has 0 aliphatic heterocycles. The standard InChI is InChI=1S/C17H12O3/c1-20-12-8-6-11(7-9-12)15-10-16(18)13-4-2-3-5-14(13)17(15)19/h2-10H,1H3. The van der Waals surface area contributed by atoms with E-state index in [0.717, 1.165) is 5.56 Å². The Labute approximate surface area is 116 Å². The number of carbonyl (C=O) groups is 2. The molecule has 98 valence electrons. The van der Waals surface area contributed by atoms with Crippen molar-refractivity contribution in [2.75, 3.05) is 7.11 Å². The summed E-state index contributed by atoms with van der Waals surface area (Å²) in [5, 5.41) is 0. The highest BCUT2D eigenvalue weighted by atomic mass is 16.5. The lowest BCUT2D eigenvalue weighted by Gasteiger charge is -2.15. The normalized spacial score (nSPS) is 13.8. The first-order valence-corrected chi connectivity index (χ1v) is 6.25. The summed E-state index contributed by atoms with van der Waals surface area (Å²) in [6, 6.07) is 14.0. The molecule has 0 radical (unpaired) electrons. The molecular formula is C17H12O3. The summed E-state index contributed by atoms with van der Waals surface area (Å²) in [4.78, 5) is 24.6. The second-order valence-electron chi connectivity index (χ2n) is 4.53. The van der Waals surface area contributed by atoms with Crippen molar-refractivity contribution in [3.63, 3.8) is 0 Å². The predicted molar refractivity (Wildman–Crippen MR) is 76.1 cm³/mol. The summed E-state index contributed by atoms with van der Waals surface area (Å²) in [6.45, 7) is 0. The second-order valence-corrected chi connectivity index (χ2v) is 4.53. The first kappa shape index (κ1) is 12.4. The van der Waals surface area contributed by atoms with Gasteiger partial charge in [0.15, 0.2) is 11.6 Å². The molecule has 0 N–H and O–H groups in total. The SMILES string of the molecule is COc1ccc(C2=CC(=O)c3ccccc3C2=O)cc1. The molecule has 0 heterocycles. The zero-order valence-electron chi connectivity index (χ0n) is 10.9. The number of allylic oxidation sites excluding steroid dienone is 2. The predicted octanol–water partition coefficient (Wildman–Crippen LogP) is 3.16. The van der Waals surface area contributed by atoms with Crippen molar-refractivity contribution in [2.24, 2.45) is 0 Å². The van der Waals surface area contributed by atoms with E-state index in [4.69, 9.17) is 4.74 Å². The van der Waals surface area contributed by atoms with E-state index in [2.05, 4.69) is 0 Å². The van der Waals surface area contributed by atoms with Crippen LogP contribution in [0.4, 0.5) is 0 Å². The Morgan fingerprint density at radius 2 is 1.50 bits per heavy atom. The minimum Gasteiger partial charge on any atom is -0.497 e. The van der Waals surface area contributed by atoms with Crippen LogP contribution in [-0.2, 0) is 0 Å². The molecule has 0 saturated heterocycles. The van der Waals surface area contributed by atoms with Crippen LogP contribution in [-0.4, -0.2) is 18.7 Å². The molecule has 20 heavy (non-hydrogen) atoms. The van der Waals surface area contributed by atoms with Crippen molar-refractivity contribution in [2.45, 2.75) is 0 Å². The fraction of sp³-hybridized carbons (Fsp3) is 0.0588. The number of methoxy groups -OCH3 is 1. The number of fused-ring (bicyclic) bond motifs is 1. The Bertz CT molecular complexity index is 724. The number of carbonyl (C=O) groups excluding carboxylic acids is 2. The maximum absolute atomic E-state index is 12.5. The maximum atomic E-state index is 12.5. The van der Waals surface area contributed by atoms with Gasteiger partial charge < -0.3 is 4.74 Å². The summed E-state index contributed by atoms with van der Waals surface area (Å²) < 4.78 is 5.09. The molecule has 2 aromatic rings. The number of ether oxygens (including phenoxy) is 1. The lowest BCUT2D eigenvalue weighted by molar-refractivity contribution is 0.100. The smallest absolute Gasteiger partial charge is 0.194 e. The van der Waals surface area contributed by atoms with E-state index in [0.29, 0.717) is 22.4 Å². The number of hydrogen-bond donors (Lipinski definition) is 0. The summed E-state index contributed by atoms with van der Waals surface area (Å²) in [5.41, 5.74) is 2.08. The Hall–Kier alpha value is -2.68. The van der Waals surface area contributed by atoms with Gasteiger partial charge >= 0.3 is 0 Å². The van der Waals surface area contributed by atoms with Crippen LogP contribution in [0.15, 0.2) is 54.6 Å². The fourth-order valence-corrected chi connectivity index (χ4v) is 2.30. The fourth-order valence-electron chi connectivity index (χ4n) is 2.30. The Morgan fingerprint density at radius 1 is 0.850 bits per heavy atom. The molecule has 0 amide bonds. The van der Waals surface area contributed by atoms with Gasteiger partial charge in [-0.3, -0.25) is 9.59 Å². The molecule has 0 aromatic heterocycles. The largest absolute Gasteiger partial charge is 0.497 e. The van der Waals surface area contributed by atoms with E-state index in [1.807, 2.05) is 0 Å². The average Bonchev–Trinajstić information content (AvgIpc) is 2.51. The highest BCUT2D eigenvalue weighted by Gasteiger charge is 2.25. The molecule has 2 aromatic carbocycles. The number of hydrogen-bond acceptors (Lipinski definition) is 3. The summed E-state index contributed by atoms with van der Waals surface area (Å²) >= 11 is 0. The molecule has 0 unspecified atom stereocenters. The lowest BCUT2D eigenvalue weighted by atomic mass is 9.86. The van der Waals surface area contributed by atoms with Crippen molar-refractivity contribution in [1.82, 2.24) is 0 Å². The lowest BCUT2D eigenvalue weighted by Crippen LogP contribution is -2.15. The van der Waals surface area contributed by atoms with Crippen molar-refractivity contribution in [3.05, 3.63) is 71.3 Å². The zero-order valence-corrected chi connectivity index (χ0v) is 10.9. The monoisotopic (exact) mass is 264 g/mol. The number of benzene rings is 2. The Morgan fingerprint density at radius 3 is 2.15 bits per heavy atom. The molecular weight excluding hydrogens is 252 g/mol. The van der Waals surface area contributed by atoms with Gasteiger partial charge in [0.1, 0.15) is 5.75 Å². The van der Waals surface area contributed by atoms with E-state index in [-0.39, 0.29) is 11.6 Å². The van der Waals surface area contributed by atoms with Crippen molar-refractivity contribution in [3.8, 4) is 5.75 Å². The maximum Gasteiger partial charge on any atom is 0.194 e. The number of rotatable bonds is 2. The molecule has 0 bridgehead atoms. The van der Waals surface area contributed by atoms with Gasteiger partial charge in [0.2, 0.25) is 0 Å². The van der Waals surface area contributed by atoms with Crippen molar-refractivity contribution in [1.29, 1.82) is 0 Å². The van der Waals surface area contributed by atoms with Crippen molar-refractivity contribution >= 4 is 17.1 Å². The van der Waals surface area contributed by atoms with Gasteiger partial charge in [-0.25, -0.2) is 0 Å². The second kappa shape index (κ2) is 4.78. The molecule has 1 aliphatic rings. The van der Waals surface area contributed by atoms with Gasteiger partial charge in [-0.1, -0.05) is 36.4 Å². The average molecular weight is 264 g/mol. The van der Waals surface area contributed by atoms with Crippen LogP contribution in [0.3, 0.4) is 0 Å². The van der Waals surface area contributed by atoms with Gasteiger partial charge in [-0.15, -0.1) is 0 Å². The van der Waals surface area contributed by atoms with Gasteiger partial charge in [-0.05, 0) is 23.8 Å². The third-order valence-corrected chi connectivity index (χ3v) is 3.36. The van der Waals surface area contributed by atoms with Crippen LogP contribution in [0.1, 0.15) is 26.3 Å². The topological polar surface area (TPSA) is 43.4 Å². The molecule has 0 fully saturated rings. The zero-order chi connectivity index (χ0) is 14.1. The molecule has 0 saturated carbocycles. The van der Waals surface area contributed by atoms with E-state index in [9.17, 15) is 9.59 Å². The molecule has 1 aliphatic carbocycles. The third kappa shape index (κ3) is 1.93. The number of ketones is 2. The number of Topliss-reactive ketones (excluding diaryl/α,β-unsaturated/α-hetero) is 1. The van der Waals surface area contributed by atoms with Crippen LogP contribution >= 0.6 is 0 Å². The highest BCUT2D eigenvalue weighted by molar-refractivity contribution is 6.38. The van der Waals surface area contributed by atoms with Gasteiger partial charge in [0, 0.05) is 16.7 Å². The van der Waals surface area contributed by atoms with E-state index < -0.39 is 0 Å². The summed E-state index contributed by atoms with van der Waals surface area (Å²) in [5.74, 6) is 0.459. The first-order chi connectivity index (χ1) is 9.70. The van der Waals surface area contributed by atoms with E-state index >= 15 is 0 Å². The summed E-state index contributed by atoms with van der Waals surface area (Å²) in [7, 11) is 1.58. The molecule has 3 rings (SSSR count). The van der Waals surface area contributed by atoms with Gasteiger partial charge in [-0.2, -0.15) is 0 Å². The van der Waals surface area contributed by atoms with Gasteiger partial charge in [0.05, 0.1) is 7.11 Å². The molecule has 0 spiro atoms. The summed E-state index contributed by atoms with van der Waals surface area (Å²) in [6.07, 6.45) is 1.41. The Balaban J connectivity index is 2.07. The van der Waals surface area contributed by atoms with E-state index in [1.54, 1.807) is 55.6 Å². The minimum atomic E-state index is -0.133. The quantitative estimate of drug-likeness (QED) is 0.836. The third-order valence-electron chi connectivity index (χ3n) is 3.36.